The number of anilines is 1. The highest BCUT2D eigenvalue weighted by atomic mass is 32.2. The lowest BCUT2D eigenvalue weighted by Gasteiger charge is -2.19. The number of nitrogens with zero attached hydrogens (tertiary/aromatic N) is 2. The fourth-order valence-corrected chi connectivity index (χ4v) is 4.69. The van der Waals surface area contributed by atoms with Crippen LogP contribution in [0.5, 0.6) is 5.75 Å². The number of hydrogen-bond donors (Lipinski definition) is 1. The zero-order valence-electron chi connectivity index (χ0n) is 16.2. The van der Waals surface area contributed by atoms with Crippen LogP contribution < -0.4 is 10.1 Å². The lowest BCUT2D eigenvalue weighted by molar-refractivity contribution is 0.102. The first kappa shape index (κ1) is 21.0. The highest BCUT2D eigenvalue weighted by Gasteiger charge is 2.26. The van der Waals surface area contributed by atoms with Gasteiger partial charge >= 0.3 is 0 Å². The first-order valence-corrected chi connectivity index (χ1v) is 11.0. The maximum absolute atomic E-state index is 13.2. The van der Waals surface area contributed by atoms with E-state index in [0.717, 1.165) is 10.4 Å². The Bertz CT molecular complexity index is 1110. The first-order valence-electron chi connectivity index (χ1n) is 8.73. The lowest BCUT2D eigenvalue weighted by Crippen LogP contribution is -2.27. The van der Waals surface area contributed by atoms with Crippen molar-refractivity contribution in [1.29, 1.82) is 0 Å². The Morgan fingerprint density at radius 3 is 2.55 bits per heavy atom. The van der Waals surface area contributed by atoms with Gasteiger partial charge in [0.25, 0.3) is 5.91 Å². The molecule has 1 aromatic heterocycles. The third-order valence-electron chi connectivity index (χ3n) is 4.20. The van der Waals surface area contributed by atoms with E-state index >= 15 is 0 Å². The molecule has 29 heavy (non-hydrogen) atoms. The summed E-state index contributed by atoms with van der Waals surface area (Å²) in [5, 5.41) is 3.14. The van der Waals surface area contributed by atoms with Gasteiger partial charge in [0.2, 0.25) is 10.0 Å². The van der Waals surface area contributed by atoms with Gasteiger partial charge in [-0.1, -0.05) is 30.3 Å². The quantitative estimate of drug-likeness (QED) is 0.618. The number of methoxy groups -OCH3 is 1. The fraction of sp³-hybridized carbons (Fsp3) is 0.200. The molecule has 7 nitrogen and oxygen atoms in total. The van der Waals surface area contributed by atoms with Gasteiger partial charge in [-0.05, 0) is 30.7 Å². The number of aromatic nitrogens is 1. The Labute approximate surface area is 174 Å². The number of hydrogen-bond acceptors (Lipinski definition) is 6. The Kier molecular flexibility index (Phi) is 6.31. The van der Waals surface area contributed by atoms with Crippen molar-refractivity contribution in [3.05, 3.63) is 70.7 Å². The second-order valence-corrected chi connectivity index (χ2v) is 9.59. The molecule has 0 unspecified atom stereocenters. The summed E-state index contributed by atoms with van der Waals surface area (Å²) in [7, 11) is -1.00. The molecule has 2 aromatic carbocycles. The van der Waals surface area contributed by atoms with Crippen LogP contribution in [0.15, 0.2) is 59.6 Å². The molecule has 0 atom stereocenters. The van der Waals surface area contributed by atoms with Crippen LogP contribution in [0.25, 0.3) is 0 Å². The molecular weight excluding hydrogens is 410 g/mol. The number of benzene rings is 2. The fourth-order valence-electron chi connectivity index (χ4n) is 2.69. The molecule has 0 saturated carbocycles. The number of aryl methyl sites for hydroxylation is 1. The molecule has 152 valence electrons. The van der Waals surface area contributed by atoms with Crippen molar-refractivity contribution < 1.29 is 17.9 Å². The molecule has 3 rings (SSSR count). The summed E-state index contributed by atoms with van der Waals surface area (Å²) in [6.07, 6.45) is 1.66. The van der Waals surface area contributed by atoms with Crippen molar-refractivity contribution in [2.75, 3.05) is 19.5 Å². The molecule has 0 aliphatic heterocycles. The summed E-state index contributed by atoms with van der Waals surface area (Å²) in [5.41, 5.74) is 1.05. The van der Waals surface area contributed by atoms with E-state index in [1.165, 1.54) is 48.0 Å². The Hall–Kier alpha value is -2.75. The summed E-state index contributed by atoms with van der Waals surface area (Å²) in [5.74, 6) is -0.268. The van der Waals surface area contributed by atoms with Crippen LogP contribution in [0.1, 0.15) is 20.8 Å². The van der Waals surface area contributed by atoms with Crippen LogP contribution in [0, 0.1) is 6.92 Å². The molecule has 0 bridgehead atoms. The highest BCUT2D eigenvalue weighted by molar-refractivity contribution is 7.89. The monoisotopic (exact) mass is 431 g/mol. The summed E-state index contributed by atoms with van der Waals surface area (Å²) in [4.78, 5) is 17.6. The van der Waals surface area contributed by atoms with Crippen LogP contribution >= 0.6 is 11.3 Å². The third-order valence-corrected chi connectivity index (χ3v) is 6.86. The number of carbonyl (C=O) groups is 1. The number of nitrogens with one attached hydrogen (secondary N) is 1. The van der Waals surface area contributed by atoms with E-state index < -0.39 is 15.9 Å². The maximum Gasteiger partial charge on any atom is 0.257 e. The minimum absolute atomic E-state index is 0.0681. The normalized spacial score (nSPS) is 11.4. The zero-order chi connectivity index (χ0) is 21.0. The van der Waals surface area contributed by atoms with Gasteiger partial charge in [-0.15, -0.1) is 11.3 Å². The van der Waals surface area contributed by atoms with E-state index in [-0.39, 0.29) is 22.8 Å². The predicted octanol–water partition coefficient (Wildman–Crippen LogP) is 3.53. The largest absolute Gasteiger partial charge is 0.495 e. The topological polar surface area (TPSA) is 88.6 Å². The van der Waals surface area contributed by atoms with Crippen molar-refractivity contribution in [2.24, 2.45) is 0 Å². The third kappa shape index (κ3) is 4.81. The molecule has 1 amide bonds. The number of sulfonamides is 1. The van der Waals surface area contributed by atoms with E-state index in [1.54, 1.807) is 6.20 Å². The molecule has 0 spiro atoms. The summed E-state index contributed by atoms with van der Waals surface area (Å²) < 4.78 is 32.8. The summed E-state index contributed by atoms with van der Waals surface area (Å²) in [6, 6.07) is 13.6. The van der Waals surface area contributed by atoms with Crippen LogP contribution in [0.4, 0.5) is 5.13 Å². The second kappa shape index (κ2) is 8.73. The van der Waals surface area contributed by atoms with Gasteiger partial charge < -0.3 is 4.74 Å². The average molecular weight is 432 g/mol. The Morgan fingerprint density at radius 1 is 1.21 bits per heavy atom. The number of carbonyl (C=O) groups excluding carboxylic acids is 1. The SMILES string of the molecule is COc1ccc(C(=O)Nc2ncc(C)s2)cc1S(=O)(=O)N(C)Cc1ccccc1. The van der Waals surface area contributed by atoms with E-state index in [2.05, 4.69) is 10.3 Å². The van der Waals surface area contributed by atoms with E-state index in [9.17, 15) is 13.2 Å². The van der Waals surface area contributed by atoms with E-state index in [0.29, 0.717) is 5.13 Å². The van der Waals surface area contributed by atoms with Crippen LogP contribution in [0.3, 0.4) is 0 Å². The summed E-state index contributed by atoms with van der Waals surface area (Å²) in [6.45, 7) is 2.08. The van der Waals surface area contributed by atoms with Gasteiger partial charge in [0.1, 0.15) is 10.6 Å². The minimum atomic E-state index is -3.89. The molecule has 0 aliphatic rings. The maximum atomic E-state index is 13.2. The Morgan fingerprint density at radius 2 is 1.93 bits per heavy atom. The standard InChI is InChI=1S/C20H21N3O4S2/c1-14-12-21-20(28-14)22-19(24)16-9-10-17(27-3)18(11-16)29(25,26)23(2)13-15-7-5-4-6-8-15/h4-12H,13H2,1-3H3,(H,21,22,24). The number of thiazole rings is 1. The summed E-state index contributed by atoms with van der Waals surface area (Å²) >= 11 is 1.34. The average Bonchev–Trinajstić information content (AvgIpc) is 3.12. The zero-order valence-corrected chi connectivity index (χ0v) is 17.9. The van der Waals surface area contributed by atoms with Crippen molar-refractivity contribution >= 4 is 32.4 Å². The number of rotatable bonds is 7. The van der Waals surface area contributed by atoms with E-state index in [1.807, 2.05) is 37.3 Å². The van der Waals surface area contributed by atoms with Gasteiger partial charge in [-0.25, -0.2) is 13.4 Å². The molecule has 3 aromatic rings. The second-order valence-electron chi connectivity index (χ2n) is 6.34. The number of amides is 1. The molecule has 9 heteroatoms. The van der Waals surface area contributed by atoms with Crippen molar-refractivity contribution in [1.82, 2.24) is 9.29 Å². The molecule has 0 aliphatic carbocycles. The van der Waals surface area contributed by atoms with Crippen molar-refractivity contribution in [2.45, 2.75) is 18.4 Å². The van der Waals surface area contributed by atoms with Crippen molar-refractivity contribution in [3.8, 4) is 5.75 Å². The van der Waals surface area contributed by atoms with Crippen LogP contribution in [-0.4, -0.2) is 37.8 Å². The predicted molar refractivity (Wildman–Crippen MR) is 113 cm³/mol. The van der Waals surface area contributed by atoms with Crippen molar-refractivity contribution in [3.63, 3.8) is 0 Å². The molecule has 1 N–H and O–H groups in total. The molecule has 0 fully saturated rings. The first-order chi connectivity index (χ1) is 13.8. The molecule has 0 radical (unpaired) electrons. The highest BCUT2D eigenvalue weighted by Crippen LogP contribution is 2.29. The number of ether oxygens (including phenoxy) is 1. The van der Waals surface area contributed by atoms with E-state index in [4.69, 9.17) is 4.74 Å². The van der Waals surface area contributed by atoms with Gasteiger partial charge in [-0.2, -0.15) is 4.31 Å². The lowest BCUT2D eigenvalue weighted by atomic mass is 10.2. The van der Waals surface area contributed by atoms with Gasteiger partial charge in [0.15, 0.2) is 5.13 Å². The molecule has 1 heterocycles. The smallest absolute Gasteiger partial charge is 0.257 e. The Balaban J connectivity index is 1.90. The van der Waals surface area contributed by atoms with Gasteiger partial charge in [0.05, 0.1) is 7.11 Å². The molecular formula is C20H21N3O4S2. The molecule has 0 saturated heterocycles. The van der Waals surface area contributed by atoms with Crippen LogP contribution in [0.2, 0.25) is 0 Å². The van der Waals surface area contributed by atoms with Gasteiger partial charge in [-0.3, -0.25) is 10.1 Å². The minimum Gasteiger partial charge on any atom is -0.495 e. The van der Waals surface area contributed by atoms with Gasteiger partial charge in [0, 0.05) is 30.2 Å². The van der Waals surface area contributed by atoms with Crippen LogP contribution in [-0.2, 0) is 16.6 Å².